The molecular weight excluding hydrogens is 234 g/mol. The zero-order valence-corrected chi connectivity index (χ0v) is 9.29. The summed E-state index contributed by atoms with van der Waals surface area (Å²) in [5.41, 5.74) is 1.13. The summed E-state index contributed by atoms with van der Waals surface area (Å²) in [6.07, 6.45) is -0.163. The normalized spacial score (nSPS) is 10.9. The van der Waals surface area contributed by atoms with E-state index in [4.69, 9.17) is 14.0 Å². The minimum atomic E-state index is -0.945. The predicted octanol–water partition coefficient (Wildman–Crippen LogP) is 2.71. The second-order valence-corrected chi connectivity index (χ2v) is 3.90. The van der Waals surface area contributed by atoms with E-state index < -0.39 is 5.97 Å². The SMILES string of the molecule is O=C(O)Cc1cc(-c2cc3ccccc3o2)on1. The summed E-state index contributed by atoms with van der Waals surface area (Å²) in [5.74, 6) is 0.0299. The van der Waals surface area contributed by atoms with Gasteiger partial charge in [-0.15, -0.1) is 0 Å². The summed E-state index contributed by atoms with van der Waals surface area (Å²) in [6, 6.07) is 11.0. The number of furan rings is 1. The highest BCUT2D eigenvalue weighted by atomic mass is 16.5. The third-order valence-corrected chi connectivity index (χ3v) is 2.56. The summed E-state index contributed by atoms with van der Waals surface area (Å²) in [7, 11) is 0. The number of aliphatic carboxylic acids is 1. The number of para-hydroxylation sites is 1. The van der Waals surface area contributed by atoms with Crippen LogP contribution in [0.4, 0.5) is 0 Å². The lowest BCUT2D eigenvalue weighted by Gasteiger charge is -1.85. The monoisotopic (exact) mass is 243 g/mol. The van der Waals surface area contributed by atoms with E-state index in [2.05, 4.69) is 5.16 Å². The lowest BCUT2D eigenvalue weighted by atomic mass is 10.2. The quantitative estimate of drug-likeness (QED) is 0.765. The first-order chi connectivity index (χ1) is 8.72. The van der Waals surface area contributed by atoms with E-state index in [-0.39, 0.29) is 6.42 Å². The van der Waals surface area contributed by atoms with Gasteiger partial charge in [-0.25, -0.2) is 0 Å². The Morgan fingerprint density at radius 1 is 1.22 bits per heavy atom. The first kappa shape index (κ1) is 10.6. The van der Waals surface area contributed by atoms with Crippen LogP contribution in [0.1, 0.15) is 5.69 Å². The molecule has 0 amide bonds. The van der Waals surface area contributed by atoms with Crippen molar-refractivity contribution in [3.63, 3.8) is 0 Å². The van der Waals surface area contributed by atoms with E-state index in [9.17, 15) is 4.79 Å². The number of fused-ring (bicyclic) bond motifs is 1. The minimum absolute atomic E-state index is 0.163. The molecule has 0 radical (unpaired) electrons. The Morgan fingerprint density at radius 2 is 2.06 bits per heavy atom. The summed E-state index contributed by atoms with van der Waals surface area (Å²) in [6.45, 7) is 0. The molecule has 0 saturated heterocycles. The highest BCUT2D eigenvalue weighted by molar-refractivity contribution is 5.81. The van der Waals surface area contributed by atoms with E-state index in [0.717, 1.165) is 11.0 Å². The number of hydrogen-bond acceptors (Lipinski definition) is 4. The number of hydrogen-bond donors (Lipinski definition) is 1. The summed E-state index contributed by atoms with van der Waals surface area (Å²) in [4.78, 5) is 10.6. The molecular formula is C13H9NO4. The number of rotatable bonds is 3. The van der Waals surface area contributed by atoms with Gasteiger partial charge in [0.25, 0.3) is 0 Å². The van der Waals surface area contributed by atoms with Crippen molar-refractivity contribution in [1.82, 2.24) is 5.16 Å². The van der Waals surface area contributed by atoms with Crippen LogP contribution in [0.15, 0.2) is 45.3 Å². The average Bonchev–Trinajstić information content (AvgIpc) is 2.93. The van der Waals surface area contributed by atoms with Gasteiger partial charge in [-0.2, -0.15) is 0 Å². The molecule has 0 unspecified atom stereocenters. The van der Waals surface area contributed by atoms with Gasteiger partial charge in [-0.3, -0.25) is 4.79 Å². The minimum Gasteiger partial charge on any atom is -0.481 e. The van der Waals surface area contributed by atoms with Gasteiger partial charge in [0.15, 0.2) is 5.76 Å². The molecule has 18 heavy (non-hydrogen) atoms. The highest BCUT2D eigenvalue weighted by Gasteiger charge is 2.13. The topological polar surface area (TPSA) is 76.5 Å². The molecule has 5 nitrogen and oxygen atoms in total. The number of carboxylic acids is 1. The van der Waals surface area contributed by atoms with Crippen molar-refractivity contribution in [2.24, 2.45) is 0 Å². The van der Waals surface area contributed by atoms with Crippen molar-refractivity contribution in [2.45, 2.75) is 6.42 Å². The number of carboxylic acid groups (broad SMARTS) is 1. The molecule has 0 bridgehead atoms. The summed E-state index contributed by atoms with van der Waals surface area (Å²) < 4.78 is 10.7. The third kappa shape index (κ3) is 1.86. The van der Waals surface area contributed by atoms with Gasteiger partial charge in [0.1, 0.15) is 5.58 Å². The number of nitrogens with zero attached hydrogens (tertiary/aromatic N) is 1. The lowest BCUT2D eigenvalue weighted by Crippen LogP contribution is -1.99. The van der Waals surface area contributed by atoms with E-state index in [0.29, 0.717) is 17.2 Å². The zero-order chi connectivity index (χ0) is 12.5. The standard InChI is InChI=1S/C13H9NO4/c15-13(16)7-9-6-12(18-14-9)11-5-8-3-1-2-4-10(8)17-11/h1-6H,7H2,(H,15,16). The van der Waals surface area contributed by atoms with Gasteiger partial charge >= 0.3 is 5.97 Å². The Kier molecular flexibility index (Phi) is 2.37. The van der Waals surface area contributed by atoms with Gasteiger partial charge in [0.05, 0.1) is 12.1 Å². The van der Waals surface area contributed by atoms with E-state index in [1.54, 1.807) is 6.07 Å². The Bertz CT molecular complexity index is 677. The number of carbonyl (C=O) groups is 1. The second kappa shape index (κ2) is 4.03. The molecule has 0 saturated carbocycles. The second-order valence-electron chi connectivity index (χ2n) is 3.90. The zero-order valence-electron chi connectivity index (χ0n) is 9.29. The molecule has 2 aromatic heterocycles. The van der Waals surface area contributed by atoms with Gasteiger partial charge < -0.3 is 14.0 Å². The predicted molar refractivity (Wildman–Crippen MR) is 63.1 cm³/mol. The molecule has 5 heteroatoms. The van der Waals surface area contributed by atoms with Crippen molar-refractivity contribution in [1.29, 1.82) is 0 Å². The van der Waals surface area contributed by atoms with Crippen LogP contribution in [0.2, 0.25) is 0 Å². The van der Waals surface area contributed by atoms with Crippen molar-refractivity contribution in [3.8, 4) is 11.5 Å². The van der Waals surface area contributed by atoms with E-state index in [1.807, 2.05) is 30.3 Å². The first-order valence-corrected chi connectivity index (χ1v) is 5.39. The highest BCUT2D eigenvalue weighted by Crippen LogP contribution is 2.28. The molecule has 3 rings (SSSR count). The van der Waals surface area contributed by atoms with Crippen LogP contribution in [-0.4, -0.2) is 16.2 Å². The van der Waals surface area contributed by atoms with Gasteiger partial charge in [0.2, 0.25) is 5.76 Å². The molecule has 1 aromatic carbocycles. The van der Waals surface area contributed by atoms with Gasteiger partial charge in [-0.05, 0) is 12.1 Å². The molecule has 2 heterocycles. The van der Waals surface area contributed by atoms with E-state index >= 15 is 0 Å². The Morgan fingerprint density at radius 3 is 2.83 bits per heavy atom. The fourth-order valence-electron chi connectivity index (χ4n) is 1.77. The van der Waals surface area contributed by atoms with Crippen LogP contribution in [-0.2, 0) is 11.2 Å². The Labute approximate surface area is 102 Å². The largest absolute Gasteiger partial charge is 0.481 e. The van der Waals surface area contributed by atoms with Gasteiger partial charge in [-0.1, -0.05) is 23.4 Å². The average molecular weight is 243 g/mol. The van der Waals surface area contributed by atoms with Crippen LogP contribution in [0.3, 0.4) is 0 Å². The van der Waals surface area contributed by atoms with Crippen molar-refractivity contribution < 1.29 is 18.8 Å². The molecule has 0 fully saturated rings. The maximum absolute atomic E-state index is 10.6. The fourth-order valence-corrected chi connectivity index (χ4v) is 1.77. The summed E-state index contributed by atoms with van der Waals surface area (Å²) in [5, 5.41) is 13.3. The Hall–Kier alpha value is -2.56. The smallest absolute Gasteiger partial charge is 0.309 e. The van der Waals surface area contributed by atoms with Crippen molar-refractivity contribution in [2.75, 3.05) is 0 Å². The molecule has 0 aliphatic carbocycles. The third-order valence-electron chi connectivity index (χ3n) is 2.56. The maximum Gasteiger partial charge on any atom is 0.309 e. The molecule has 0 aliphatic rings. The number of benzene rings is 1. The maximum atomic E-state index is 10.6. The van der Waals surface area contributed by atoms with E-state index in [1.165, 1.54) is 0 Å². The fraction of sp³-hybridized carbons (Fsp3) is 0.0769. The summed E-state index contributed by atoms with van der Waals surface area (Å²) >= 11 is 0. The van der Waals surface area contributed by atoms with Crippen LogP contribution in [0.25, 0.3) is 22.5 Å². The van der Waals surface area contributed by atoms with Crippen LogP contribution >= 0.6 is 0 Å². The molecule has 0 aliphatic heterocycles. The molecule has 90 valence electrons. The van der Waals surface area contributed by atoms with Crippen LogP contribution < -0.4 is 0 Å². The molecule has 0 spiro atoms. The first-order valence-electron chi connectivity index (χ1n) is 5.39. The molecule has 0 atom stereocenters. The lowest BCUT2D eigenvalue weighted by molar-refractivity contribution is -0.136. The van der Waals surface area contributed by atoms with Crippen LogP contribution in [0.5, 0.6) is 0 Å². The number of aromatic nitrogens is 1. The van der Waals surface area contributed by atoms with Crippen molar-refractivity contribution >= 4 is 16.9 Å². The van der Waals surface area contributed by atoms with Gasteiger partial charge in [0, 0.05) is 11.5 Å². The molecule has 1 N–H and O–H groups in total. The molecule has 3 aromatic rings. The van der Waals surface area contributed by atoms with Crippen LogP contribution in [0, 0.1) is 0 Å². The Balaban J connectivity index is 1.98. The van der Waals surface area contributed by atoms with Crippen molar-refractivity contribution in [3.05, 3.63) is 42.1 Å².